The molecular formula is C23H24N4OS. The molecule has 0 spiro atoms. The summed E-state index contributed by atoms with van der Waals surface area (Å²) in [5.74, 6) is 0.335. The van der Waals surface area contributed by atoms with E-state index in [0.29, 0.717) is 5.75 Å². The number of rotatable bonds is 7. The van der Waals surface area contributed by atoms with Crippen molar-refractivity contribution in [1.82, 2.24) is 19.9 Å². The number of aryl methyl sites for hydroxylation is 2. The first-order chi connectivity index (χ1) is 14.1. The Hall–Kier alpha value is -2.86. The SMILES string of the molecule is Cc1cc2nnc(SCC(=O)N[C@@H](C)CCc3ccccc3)n2c2ccccc12. The second kappa shape index (κ2) is 8.66. The molecule has 2 aromatic carbocycles. The van der Waals surface area contributed by atoms with Crippen LogP contribution in [-0.2, 0) is 11.2 Å². The van der Waals surface area contributed by atoms with Crippen molar-refractivity contribution in [3.63, 3.8) is 0 Å². The highest BCUT2D eigenvalue weighted by atomic mass is 32.2. The van der Waals surface area contributed by atoms with Crippen LogP contribution in [-0.4, -0.2) is 32.3 Å². The van der Waals surface area contributed by atoms with Crippen LogP contribution in [0.3, 0.4) is 0 Å². The van der Waals surface area contributed by atoms with Crippen molar-refractivity contribution in [3.05, 3.63) is 71.8 Å². The molecule has 6 heteroatoms. The Kier molecular flexibility index (Phi) is 5.81. The van der Waals surface area contributed by atoms with Crippen LogP contribution in [0.4, 0.5) is 0 Å². The van der Waals surface area contributed by atoms with Crippen LogP contribution in [0.15, 0.2) is 65.8 Å². The molecule has 2 heterocycles. The van der Waals surface area contributed by atoms with E-state index in [-0.39, 0.29) is 11.9 Å². The van der Waals surface area contributed by atoms with Crippen LogP contribution in [0.1, 0.15) is 24.5 Å². The normalized spacial score (nSPS) is 12.3. The van der Waals surface area contributed by atoms with Gasteiger partial charge >= 0.3 is 0 Å². The first kappa shape index (κ1) is 19.5. The Morgan fingerprint density at radius 1 is 1.10 bits per heavy atom. The summed E-state index contributed by atoms with van der Waals surface area (Å²) in [4.78, 5) is 12.4. The number of pyridine rings is 1. The van der Waals surface area contributed by atoms with Gasteiger partial charge in [0, 0.05) is 11.4 Å². The molecule has 4 rings (SSSR count). The minimum atomic E-state index is 0.0173. The quantitative estimate of drug-likeness (QED) is 0.463. The van der Waals surface area contributed by atoms with E-state index in [0.717, 1.165) is 29.2 Å². The molecule has 0 unspecified atom stereocenters. The molecule has 1 N–H and O–H groups in total. The zero-order chi connectivity index (χ0) is 20.2. The number of nitrogens with one attached hydrogen (secondary N) is 1. The average Bonchev–Trinajstić information content (AvgIpc) is 3.14. The highest BCUT2D eigenvalue weighted by Crippen LogP contribution is 2.25. The molecule has 29 heavy (non-hydrogen) atoms. The number of carbonyl (C=O) groups is 1. The molecule has 0 radical (unpaired) electrons. The third-order valence-corrected chi connectivity index (χ3v) is 5.95. The molecule has 0 saturated heterocycles. The maximum Gasteiger partial charge on any atom is 0.230 e. The Labute approximate surface area is 174 Å². The molecule has 148 valence electrons. The lowest BCUT2D eigenvalue weighted by molar-refractivity contribution is -0.119. The van der Waals surface area contributed by atoms with Crippen LogP contribution < -0.4 is 5.32 Å². The van der Waals surface area contributed by atoms with Gasteiger partial charge in [0.1, 0.15) is 0 Å². The van der Waals surface area contributed by atoms with Gasteiger partial charge in [0.15, 0.2) is 10.8 Å². The van der Waals surface area contributed by atoms with Crippen LogP contribution in [0, 0.1) is 6.92 Å². The number of hydrogen-bond donors (Lipinski definition) is 1. The average molecular weight is 405 g/mol. The highest BCUT2D eigenvalue weighted by molar-refractivity contribution is 7.99. The molecule has 1 atom stereocenters. The summed E-state index contributed by atoms with van der Waals surface area (Å²) in [6, 6.07) is 20.7. The van der Waals surface area contributed by atoms with Crippen LogP contribution >= 0.6 is 11.8 Å². The molecule has 0 aliphatic rings. The number of aromatic nitrogens is 3. The van der Waals surface area contributed by atoms with Gasteiger partial charge in [-0.05, 0) is 49.9 Å². The number of thioether (sulfide) groups is 1. The van der Waals surface area contributed by atoms with Gasteiger partial charge in [-0.15, -0.1) is 10.2 Å². The largest absolute Gasteiger partial charge is 0.353 e. The van der Waals surface area contributed by atoms with Crippen molar-refractivity contribution < 1.29 is 4.79 Å². The third kappa shape index (κ3) is 4.43. The van der Waals surface area contributed by atoms with Gasteiger partial charge in [-0.2, -0.15) is 0 Å². The summed E-state index contributed by atoms with van der Waals surface area (Å²) in [5.41, 5.74) is 4.33. The molecule has 0 fully saturated rings. The maximum atomic E-state index is 12.4. The number of para-hydroxylation sites is 1. The number of carbonyl (C=O) groups excluding carboxylic acids is 1. The van der Waals surface area contributed by atoms with Gasteiger partial charge in [0.2, 0.25) is 5.91 Å². The molecule has 5 nitrogen and oxygen atoms in total. The van der Waals surface area contributed by atoms with E-state index in [2.05, 4.69) is 46.7 Å². The fourth-order valence-corrected chi connectivity index (χ4v) is 4.28. The zero-order valence-corrected chi connectivity index (χ0v) is 17.4. The number of amides is 1. The Bertz CT molecular complexity index is 1140. The molecule has 2 aromatic heterocycles. The minimum Gasteiger partial charge on any atom is -0.353 e. The fourth-order valence-electron chi connectivity index (χ4n) is 3.51. The van der Waals surface area contributed by atoms with Crippen LogP contribution in [0.25, 0.3) is 16.6 Å². The van der Waals surface area contributed by atoms with Gasteiger partial charge in [-0.1, -0.05) is 60.3 Å². The molecule has 0 bridgehead atoms. The van der Waals surface area contributed by atoms with E-state index in [1.165, 1.54) is 28.3 Å². The lowest BCUT2D eigenvalue weighted by Crippen LogP contribution is -2.34. The Balaban J connectivity index is 1.39. The number of fused-ring (bicyclic) bond motifs is 3. The molecule has 4 aromatic rings. The van der Waals surface area contributed by atoms with Crippen molar-refractivity contribution >= 4 is 34.2 Å². The summed E-state index contributed by atoms with van der Waals surface area (Å²) < 4.78 is 2.03. The molecular weight excluding hydrogens is 380 g/mol. The first-order valence-electron chi connectivity index (χ1n) is 9.81. The van der Waals surface area contributed by atoms with E-state index >= 15 is 0 Å². The lowest BCUT2D eigenvalue weighted by atomic mass is 10.1. The standard InChI is InChI=1S/C23H24N4OS/c1-16-14-21-25-26-23(27(21)20-11-7-6-10-19(16)20)29-15-22(28)24-17(2)12-13-18-8-4-3-5-9-18/h3-11,14,17H,12-13,15H2,1-2H3,(H,24,28)/t17-/m0/s1. The predicted molar refractivity (Wildman–Crippen MR) is 118 cm³/mol. The number of benzene rings is 2. The number of hydrogen-bond acceptors (Lipinski definition) is 4. The van der Waals surface area contributed by atoms with Crippen molar-refractivity contribution in [2.24, 2.45) is 0 Å². The molecule has 0 saturated carbocycles. The van der Waals surface area contributed by atoms with E-state index < -0.39 is 0 Å². The number of nitrogens with zero attached hydrogens (tertiary/aromatic N) is 3. The van der Waals surface area contributed by atoms with Crippen molar-refractivity contribution in [2.45, 2.75) is 37.9 Å². The molecule has 1 amide bonds. The van der Waals surface area contributed by atoms with Crippen molar-refractivity contribution in [1.29, 1.82) is 0 Å². The lowest BCUT2D eigenvalue weighted by Gasteiger charge is -2.13. The molecule has 0 aliphatic carbocycles. The predicted octanol–water partition coefficient (Wildman–Crippen LogP) is 4.42. The van der Waals surface area contributed by atoms with Gasteiger partial charge in [0.25, 0.3) is 0 Å². The summed E-state index contributed by atoms with van der Waals surface area (Å²) >= 11 is 1.42. The summed E-state index contributed by atoms with van der Waals surface area (Å²) in [6.07, 6.45) is 1.87. The Morgan fingerprint density at radius 2 is 1.86 bits per heavy atom. The third-order valence-electron chi connectivity index (χ3n) is 5.02. The topological polar surface area (TPSA) is 59.3 Å². The summed E-state index contributed by atoms with van der Waals surface area (Å²) in [7, 11) is 0. The highest BCUT2D eigenvalue weighted by Gasteiger charge is 2.14. The van der Waals surface area contributed by atoms with E-state index in [9.17, 15) is 4.79 Å². The van der Waals surface area contributed by atoms with Gasteiger partial charge in [-0.25, -0.2) is 0 Å². The second-order valence-electron chi connectivity index (χ2n) is 7.30. The minimum absolute atomic E-state index is 0.0173. The van der Waals surface area contributed by atoms with E-state index in [1.807, 2.05) is 47.7 Å². The van der Waals surface area contributed by atoms with Crippen molar-refractivity contribution in [3.8, 4) is 0 Å². The smallest absolute Gasteiger partial charge is 0.230 e. The van der Waals surface area contributed by atoms with E-state index in [1.54, 1.807) is 0 Å². The van der Waals surface area contributed by atoms with E-state index in [4.69, 9.17) is 0 Å². The zero-order valence-electron chi connectivity index (χ0n) is 16.6. The second-order valence-corrected chi connectivity index (χ2v) is 8.24. The van der Waals surface area contributed by atoms with Crippen LogP contribution in [0.2, 0.25) is 0 Å². The maximum absolute atomic E-state index is 12.4. The van der Waals surface area contributed by atoms with Crippen molar-refractivity contribution in [2.75, 3.05) is 5.75 Å². The molecule has 0 aliphatic heterocycles. The summed E-state index contributed by atoms with van der Waals surface area (Å²) in [6.45, 7) is 4.13. The monoisotopic (exact) mass is 404 g/mol. The van der Waals surface area contributed by atoms with Crippen LogP contribution in [0.5, 0.6) is 0 Å². The van der Waals surface area contributed by atoms with Gasteiger partial charge in [0.05, 0.1) is 11.3 Å². The van der Waals surface area contributed by atoms with Gasteiger partial charge < -0.3 is 5.32 Å². The summed E-state index contributed by atoms with van der Waals surface area (Å²) in [5, 5.41) is 13.6. The first-order valence-corrected chi connectivity index (χ1v) is 10.8. The van der Waals surface area contributed by atoms with Gasteiger partial charge in [-0.3, -0.25) is 9.20 Å². The Morgan fingerprint density at radius 3 is 2.69 bits per heavy atom. The fraction of sp³-hybridized carbons (Fsp3) is 0.261.